The van der Waals surface area contributed by atoms with Gasteiger partial charge in [0.1, 0.15) is 17.9 Å². The number of hydrogen-bond acceptors (Lipinski definition) is 6. The first-order valence-corrected chi connectivity index (χ1v) is 11.9. The smallest absolute Gasteiger partial charge is 0.408 e. The van der Waals surface area contributed by atoms with Crippen molar-refractivity contribution in [2.45, 2.75) is 38.3 Å². The Hall–Kier alpha value is -4.39. The van der Waals surface area contributed by atoms with Crippen LogP contribution in [0.5, 0.6) is 5.75 Å². The zero-order valence-electron chi connectivity index (χ0n) is 19.6. The Balaban J connectivity index is 1.35. The number of ether oxygens (including phenoxy) is 2. The monoisotopic (exact) mass is 483 g/mol. The first-order chi connectivity index (χ1) is 17.6. The predicted octanol–water partition coefficient (Wildman–Crippen LogP) is 5.24. The number of carbonyl (C=O) groups excluding carboxylic acids is 2. The Kier molecular flexibility index (Phi) is 6.80. The highest BCUT2D eigenvalue weighted by Gasteiger charge is 2.26. The Bertz CT molecular complexity index is 1450. The molecule has 0 saturated heterocycles. The summed E-state index contributed by atoms with van der Waals surface area (Å²) in [6, 6.07) is 21.9. The minimum absolute atomic E-state index is 0.0667. The van der Waals surface area contributed by atoms with Crippen molar-refractivity contribution < 1.29 is 23.5 Å². The minimum atomic E-state index is -1.10. The molecule has 0 aliphatic heterocycles. The van der Waals surface area contributed by atoms with Gasteiger partial charge >= 0.3 is 17.7 Å². The molecule has 1 unspecified atom stereocenters. The third-order valence-corrected chi connectivity index (χ3v) is 6.26. The van der Waals surface area contributed by atoms with E-state index in [9.17, 15) is 14.4 Å². The predicted molar refractivity (Wildman–Crippen MR) is 134 cm³/mol. The number of alkyl carbamates (subject to hydrolysis) is 1. The lowest BCUT2D eigenvalue weighted by Gasteiger charge is -2.19. The second-order valence-corrected chi connectivity index (χ2v) is 8.68. The fraction of sp³-hybridized carbons (Fsp3) is 0.207. The Morgan fingerprint density at radius 1 is 0.889 bits per heavy atom. The molecular formula is C29H25NO6. The molecule has 1 aliphatic carbocycles. The van der Waals surface area contributed by atoms with E-state index < -0.39 is 18.1 Å². The molecule has 1 atom stereocenters. The fourth-order valence-corrected chi connectivity index (χ4v) is 4.47. The zero-order chi connectivity index (χ0) is 24.9. The molecule has 5 rings (SSSR count). The van der Waals surface area contributed by atoms with E-state index in [-0.39, 0.29) is 18.0 Å². The SMILES string of the molecule is O=C(NC(C(=O)Oc1ccc2c3c(c(=O)oc2c1)CCCC3)c1ccccc1)OCc1ccccc1. The van der Waals surface area contributed by atoms with Crippen LogP contribution in [0.1, 0.15) is 41.1 Å². The van der Waals surface area contributed by atoms with Crippen molar-refractivity contribution in [1.29, 1.82) is 0 Å². The molecule has 3 aromatic carbocycles. The number of nitrogens with one attached hydrogen (secondary N) is 1. The minimum Gasteiger partial charge on any atom is -0.445 e. The molecule has 1 heterocycles. The van der Waals surface area contributed by atoms with Crippen molar-refractivity contribution in [1.82, 2.24) is 5.32 Å². The summed E-state index contributed by atoms with van der Waals surface area (Å²) in [5.41, 5.74) is 3.14. The van der Waals surface area contributed by atoms with E-state index in [0.29, 0.717) is 11.1 Å². The number of amides is 1. The molecule has 36 heavy (non-hydrogen) atoms. The van der Waals surface area contributed by atoms with Crippen LogP contribution in [0.2, 0.25) is 0 Å². The lowest BCUT2D eigenvalue weighted by atomic mass is 9.91. The molecule has 1 N–H and O–H groups in total. The third kappa shape index (κ3) is 5.15. The number of esters is 1. The number of carbonyl (C=O) groups is 2. The maximum atomic E-state index is 13.2. The molecule has 4 aromatic rings. The molecule has 0 fully saturated rings. The normalized spacial score (nSPS) is 13.4. The van der Waals surface area contributed by atoms with Crippen molar-refractivity contribution in [3.8, 4) is 5.75 Å². The average Bonchev–Trinajstić information content (AvgIpc) is 2.91. The lowest BCUT2D eigenvalue weighted by Crippen LogP contribution is -2.36. The summed E-state index contributed by atoms with van der Waals surface area (Å²) in [7, 11) is 0. The summed E-state index contributed by atoms with van der Waals surface area (Å²) >= 11 is 0. The van der Waals surface area contributed by atoms with Crippen LogP contribution in [0.4, 0.5) is 4.79 Å². The van der Waals surface area contributed by atoms with Gasteiger partial charge in [-0.1, -0.05) is 60.7 Å². The van der Waals surface area contributed by atoms with Crippen LogP contribution in [0.25, 0.3) is 11.0 Å². The average molecular weight is 484 g/mol. The number of hydrogen-bond donors (Lipinski definition) is 1. The third-order valence-electron chi connectivity index (χ3n) is 6.26. The largest absolute Gasteiger partial charge is 0.445 e. The lowest BCUT2D eigenvalue weighted by molar-refractivity contribution is -0.136. The van der Waals surface area contributed by atoms with E-state index in [1.807, 2.05) is 42.5 Å². The maximum absolute atomic E-state index is 13.2. The van der Waals surface area contributed by atoms with Crippen LogP contribution in [-0.4, -0.2) is 12.1 Å². The highest BCUT2D eigenvalue weighted by Crippen LogP contribution is 2.29. The summed E-state index contributed by atoms with van der Waals surface area (Å²) in [5, 5.41) is 3.45. The standard InChI is InChI=1S/C29H25NO6/c31-27-24-14-8-7-13-22(24)23-16-15-21(17-25(23)36-27)35-28(32)26(20-11-5-2-6-12-20)30-29(33)34-18-19-9-3-1-4-10-19/h1-6,9-12,15-17,26H,7-8,13-14,18H2,(H,30,33). The van der Waals surface area contributed by atoms with Gasteiger partial charge in [-0.3, -0.25) is 0 Å². The van der Waals surface area contributed by atoms with Crippen LogP contribution in [0.3, 0.4) is 0 Å². The van der Waals surface area contributed by atoms with E-state index in [4.69, 9.17) is 13.9 Å². The van der Waals surface area contributed by atoms with Gasteiger partial charge in [0, 0.05) is 17.0 Å². The van der Waals surface area contributed by atoms with Gasteiger partial charge < -0.3 is 19.2 Å². The van der Waals surface area contributed by atoms with Crippen molar-refractivity contribution in [3.63, 3.8) is 0 Å². The molecule has 0 radical (unpaired) electrons. The number of fused-ring (bicyclic) bond motifs is 3. The first kappa shape index (κ1) is 23.4. The molecule has 182 valence electrons. The molecule has 1 aromatic heterocycles. The number of rotatable bonds is 6. The molecule has 0 spiro atoms. The van der Waals surface area contributed by atoms with E-state index in [1.165, 1.54) is 0 Å². The van der Waals surface area contributed by atoms with Crippen LogP contribution in [-0.2, 0) is 29.0 Å². The van der Waals surface area contributed by atoms with Gasteiger partial charge in [-0.2, -0.15) is 0 Å². The molecule has 1 aliphatic rings. The van der Waals surface area contributed by atoms with E-state index in [0.717, 1.165) is 47.8 Å². The zero-order valence-corrected chi connectivity index (χ0v) is 19.6. The van der Waals surface area contributed by atoms with Crippen molar-refractivity contribution in [3.05, 3.63) is 112 Å². The topological polar surface area (TPSA) is 94.8 Å². The molecule has 7 nitrogen and oxygen atoms in total. The van der Waals surface area contributed by atoms with Gasteiger partial charge in [0.2, 0.25) is 0 Å². The number of aryl methyl sites for hydroxylation is 1. The fourth-order valence-electron chi connectivity index (χ4n) is 4.47. The summed E-state index contributed by atoms with van der Waals surface area (Å²) in [6.07, 6.45) is 2.78. The van der Waals surface area contributed by atoms with Gasteiger partial charge in [0.15, 0.2) is 6.04 Å². The second kappa shape index (κ2) is 10.5. The van der Waals surface area contributed by atoms with E-state index in [1.54, 1.807) is 36.4 Å². The van der Waals surface area contributed by atoms with Gasteiger partial charge in [-0.15, -0.1) is 0 Å². The van der Waals surface area contributed by atoms with E-state index in [2.05, 4.69) is 5.32 Å². The van der Waals surface area contributed by atoms with E-state index >= 15 is 0 Å². The van der Waals surface area contributed by atoms with Gasteiger partial charge in [0.25, 0.3) is 0 Å². The molecule has 7 heteroatoms. The highest BCUT2D eigenvalue weighted by atomic mass is 16.6. The van der Waals surface area contributed by atoms with Crippen molar-refractivity contribution in [2.75, 3.05) is 0 Å². The summed E-state index contributed by atoms with van der Waals surface area (Å²) in [4.78, 5) is 38.1. The summed E-state index contributed by atoms with van der Waals surface area (Å²) < 4.78 is 16.4. The van der Waals surface area contributed by atoms with Crippen LogP contribution >= 0.6 is 0 Å². The summed E-state index contributed by atoms with van der Waals surface area (Å²) in [6.45, 7) is 0.0667. The Morgan fingerprint density at radius 3 is 2.33 bits per heavy atom. The molecule has 0 bridgehead atoms. The van der Waals surface area contributed by atoms with Crippen molar-refractivity contribution >= 4 is 23.0 Å². The van der Waals surface area contributed by atoms with Crippen LogP contribution in [0, 0.1) is 0 Å². The number of benzene rings is 3. The molecular weight excluding hydrogens is 458 g/mol. The van der Waals surface area contributed by atoms with Crippen molar-refractivity contribution in [2.24, 2.45) is 0 Å². The highest BCUT2D eigenvalue weighted by molar-refractivity contribution is 5.86. The first-order valence-electron chi connectivity index (χ1n) is 11.9. The molecule has 1 amide bonds. The Morgan fingerprint density at radius 2 is 1.58 bits per heavy atom. The van der Waals surface area contributed by atoms with Gasteiger partial charge in [-0.05, 0) is 54.5 Å². The van der Waals surface area contributed by atoms with Crippen LogP contribution < -0.4 is 15.7 Å². The molecule has 0 saturated carbocycles. The summed E-state index contributed by atoms with van der Waals surface area (Å²) in [5.74, 6) is -0.482. The van der Waals surface area contributed by atoms with Gasteiger partial charge in [0.05, 0.1) is 0 Å². The quantitative estimate of drug-likeness (QED) is 0.229. The Labute approximate surface area is 207 Å². The van der Waals surface area contributed by atoms with Crippen LogP contribution in [0.15, 0.2) is 88.1 Å². The second-order valence-electron chi connectivity index (χ2n) is 8.68. The maximum Gasteiger partial charge on any atom is 0.408 e. The van der Waals surface area contributed by atoms with Gasteiger partial charge in [-0.25, -0.2) is 14.4 Å².